The van der Waals surface area contributed by atoms with Crippen LogP contribution < -0.4 is 24.3 Å². The molecule has 3 rings (SSSR count). The number of ether oxygens (including phenoxy) is 6. The Bertz CT molecular complexity index is 1930. The van der Waals surface area contributed by atoms with Gasteiger partial charge in [0.2, 0.25) is 0 Å². The van der Waals surface area contributed by atoms with Crippen molar-refractivity contribution >= 4 is 22.3 Å². The van der Waals surface area contributed by atoms with Crippen LogP contribution >= 0.6 is 0 Å². The van der Waals surface area contributed by atoms with E-state index in [1.807, 2.05) is 0 Å². The van der Waals surface area contributed by atoms with Gasteiger partial charge in [-0.25, -0.2) is 8.98 Å². The number of hydrogen-bond donors (Lipinski definition) is 4. The van der Waals surface area contributed by atoms with E-state index in [0.29, 0.717) is 49.4 Å². The third kappa shape index (κ3) is 28.3. The van der Waals surface area contributed by atoms with Crippen LogP contribution in [0, 0.1) is 0 Å². The molecule has 5 atom stereocenters. The minimum atomic E-state index is -5.27. The summed E-state index contributed by atoms with van der Waals surface area (Å²) in [6, 6.07) is 7.63. The van der Waals surface area contributed by atoms with Crippen LogP contribution in [0.5, 0.6) is 23.0 Å². The SMILES string of the molecule is CCCCCCCCCCOc1ccc(C(=O)N[C@H]2C(O)O[C@H](CO)[C@@H](OS(=O)(=O)O)[C@@H]2OC(=O)c2ccc(OCCCCCCCCCC)c(OCCCCCCCCCC)c2)cc1OCCCCCCCCCC. The lowest BCUT2D eigenvalue weighted by atomic mass is 9.96. The molecule has 1 aliphatic rings. The number of rotatable bonds is 47. The minimum Gasteiger partial charge on any atom is -0.490 e. The topological polar surface area (TPSA) is 206 Å². The number of nitrogens with one attached hydrogen (secondary N) is 1. The number of unbranched alkanes of at least 4 members (excludes halogenated alkanes) is 28. The molecule has 15 nitrogen and oxygen atoms in total. The number of hydrogen-bond acceptors (Lipinski definition) is 13. The second kappa shape index (κ2) is 41.4. The molecule has 4 N–H and O–H groups in total. The van der Waals surface area contributed by atoms with Crippen molar-refractivity contribution in [2.75, 3.05) is 33.0 Å². The lowest BCUT2D eigenvalue weighted by Crippen LogP contribution is -2.66. The van der Waals surface area contributed by atoms with Crippen LogP contribution in [0.25, 0.3) is 0 Å². The van der Waals surface area contributed by atoms with E-state index in [0.717, 1.165) is 83.5 Å². The molecule has 1 saturated heterocycles. The molecule has 1 fully saturated rings. The molecule has 76 heavy (non-hydrogen) atoms. The van der Waals surface area contributed by atoms with Crippen LogP contribution in [0.2, 0.25) is 0 Å². The summed E-state index contributed by atoms with van der Waals surface area (Å²) in [7, 11) is -5.27. The molecule has 0 aliphatic carbocycles. The lowest BCUT2D eigenvalue weighted by molar-refractivity contribution is -0.247. The number of benzene rings is 2. The molecule has 1 unspecified atom stereocenters. The van der Waals surface area contributed by atoms with Crippen LogP contribution in [0.1, 0.15) is 254 Å². The summed E-state index contributed by atoms with van der Waals surface area (Å²) in [6.07, 6.45) is 28.9. The van der Waals surface area contributed by atoms with E-state index in [1.165, 1.54) is 146 Å². The number of aliphatic hydroxyl groups is 2. The van der Waals surface area contributed by atoms with Gasteiger partial charge in [0.25, 0.3) is 5.91 Å². The zero-order valence-electron chi connectivity index (χ0n) is 47.3. The first kappa shape index (κ1) is 66.6. The van der Waals surface area contributed by atoms with Gasteiger partial charge in [0, 0.05) is 5.56 Å². The molecule has 436 valence electrons. The van der Waals surface area contributed by atoms with Crippen LogP contribution in [0.15, 0.2) is 36.4 Å². The Morgan fingerprint density at radius 1 is 0.500 bits per heavy atom. The van der Waals surface area contributed by atoms with Crippen molar-refractivity contribution < 1.29 is 65.4 Å². The maximum atomic E-state index is 14.2. The molecule has 2 aromatic rings. The average Bonchev–Trinajstić information content (AvgIpc) is 3.40. The average molecular weight is 1090 g/mol. The Morgan fingerprint density at radius 2 is 0.842 bits per heavy atom. The highest BCUT2D eigenvalue weighted by molar-refractivity contribution is 7.80. The Balaban J connectivity index is 1.84. The van der Waals surface area contributed by atoms with Crippen LogP contribution in [-0.4, -0.2) is 98.7 Å². The lowest BCUT2D eigenvalue weighted by Gasteiger charge is -2.43. The molecule has 0 aromatic heterocycles. The molecular weight excluding hydrogens is 991 g/mol. The van der Waals surface area contributed by atoms with Gasteiger partial charge < -0.3 is 44.0 Å². The molecule has 0 radical (unpaired) electrons. The van der Waals surface area contributed by atoms with E-state index < -0.39 is 59.5 Å². The predicted octanol–water partition coefficient (Wildman–Crippen LogP) is 14.0. The van der Waals surface area contributed by atoms with Gasteiger partial charge in [0.05, 0.1) is 38.6 Å². The highest BCUT2D eigenvalue weighted by atomic mass is 32.3. The smallest absolute Gasteiger partial charge is 0.397 e. The molecule has 1 amide bonds. The number of carbonyl (C=O) groups is 2. The molecule has 1 aliphatic heterocycles. The van der Waals surface area contributed by atoms with E-state index in [9.17, 15) is 32.8 Å². The Morgan fingerprint density at radius 3 is 1.21 bits per heavy atom. The standard InChI is InChI=1S/C60H101NO14S/c1-5-9-13-17-21-25-29-33-41-69-50-39-37-48(45-52(50)71-43-35-31-27-23-19-15-11-7-3)58(63)61-55-57(56(75-76(66,67)68)54(47-62)73-60(55)65)74-59(64)49-38-40-51(70-42-34-30-26-22-18-14-10-6-2)53(46-49)72-44-36-32-28-24-20-16-12-8-4/h37-40,45-46,54-57,60,62,65H,5-36,41-44,47H2,1-4H3,(H,61,63)(H,66,67,68)/t54-,55-,56-,57-,60?/m1/s1. The van der Waals surface area contributed by atoms with Crippen molar-refractivity contribution in [1.29, 1.82) is 0 Å². The molecule has 1 heterocycles. The van der Waals surface area contributed by atoms with Crippen molar-refractivity contribution in [3.63, 3.8) is 0 Å². The van der Waals surface area contributed by atoms with Crippen molar-refractivity contribution in [2.24, 2.45) is 0 Å². The molecular formula is C60H101NO14S. The molecule has 2 aromatic carbocycles. The number of carbonyl (C=O) groups excluding carboxylic acids is 2. The van der Waals surface area contributed by atoms with E-state index >= 15 is 0 Å². The van der Waals surface area contributed by atoms with Gasteiger partial charge in [-0.3, -0.25) is 9.35 Å². The molecule has 0 saturated carbocycles. The fourth-order valence-corrected chi connectivity index (χ4v) is 9.98. The highest BCUT2D eigenvalue weighted by Gasteiger charge is 2.51. The summed E-state index contributed by atoms with van der Waals surface area (Å²) in [5.41, 5.74) is 0.0865. The number of esters is 1. The van der Waals surface area contributed by atoms with Crippen LogP contribution in [0.4, 0.5) is 0 Å². The Kier molecular flexibility index (Phi) is 36.3. The summed E-state index contributed by atoms with van der Waals surface area (Å²) in [5, 5.41) is 24.3. The van der Waals surface area contributed by atoms with E-state index in [-0.39, 0.29) is 11.1 Å². The third-order valence-corrected chi connectivity index (χ3v) is 14.5. The summed E-state index contributed by atoms with van der Waals surface area (Å²) in [4.78, 5) is 28.4. The normalized spacial score (nSPS) is 17.6. The molecule has 16 heteroatoms. The zero-order valence-corrected chi connectivity index (χ0v) is 48.1. The van der Waals surface area contributed by atoms with Crippen LogP contribution in [-0.2, 0) is 24.1 Å². The van der Waals surface area contributed by atoms with Crippen molar-refractivity contribution in [3.8, 4) is 23.0 Å². The van der Waals surface area contributed by atoms with E-state index in [4.69, 9.17) is 32.6 Å². The fraction of sp³-hybridized carbons (Fsp3) is 0.767. The minimum absolute atomic E-state index is 0.0107. The number of aliphatic hydroxyl groups excluding tert-OH is 2. The molecule has 0 spiro atoms. The van der Waals surface area contributed by atoms with E-state index in [1.54, 1.807) is 12.1 Å². The fourth-order valence-electron chi connectivity index (χ4n) is 9.46. The summed E-state index contributed by atoms with van der Waals surface area (Å²) in [5.74, 6) is -0.159. The number of amides is 1. The monoisotopic (exact) mass is 1090 g/mol. The third-order valence-electron chi connectivity index (χ3n) is 14.0. The first-order valence-corrected chi connectivity index (χ1v) is 31.2. The van der Waals surface area contributed by atoms with Crippen LogP contribution in [0.3, 0.4) is 0 Å². The Labute approximate surface area is 458 Å². The van der Waals surface area contributed by atoms with Gasteiger partial charge in [-0.15, -0.1) is 0 Å². The maximum Gasteiger partial charge on any atom is 0.397 e. The van der Waals surface area contributed by atoms with Gasteiger partial charge >= 0.3 is 16.4 Å². The molecule has 0 bridgehead atoms. The van der Waals surface area contributed by atoms with E-state index in [2.05, 4.69) is 33.0 Å². The van der Waals surface area contributed by atoms with Gasteiger partial charge in [0.1, 0.15) is 18.2 Å². The summed E-state index contributed by atoms with van der Waals surface area (Å²) >= 11 is 0. The van der Waals surface area contributed by atoms with Gasteiger partial charge in [-0.1, -0.05) is 207 Å². The Hall–Kier alpha value is -3.67. The zero-order chi connectivity index (χ0) is 55.1. The second-order valence-electron chi connectivity index (χ2n) is 20.7. The van der Waals surface area contributed by atoms with Gasteiger partial charge in [-0.2, -0.15) is 8.42 Å². The van der Waals surface area contributed by atoms with Crippen molar-refractivity contribution in [2.45, 2.75) is 264 Å². The van der Waals surface area contributed by atoms with Crippen molar-refractivity contribution in [3.05, 3.63) is 47.5 Å². The largest absolute Gasteiger partial charge is 0.490 e. The van der Waals surface area contributed by atoms with Gasteiger partial charge in [0.15, 0.2) is 35.4 Å². The second-order valence-corrected chi connectivity index (χ2v) is 21.8. The quantitative estimate of drug-likeness (QED) is 0.0277. The summed E-state index contributed by atoms with van der Waals surface area (Å²) in [6.45, 7) is 9.61. The van der Waals surface area contributed by atoms with Crippen molar-refractivity contribution in [1.82, 2.24) is 5.32 Å². The predicted molar refractivity (Wildman–Crippen MR) is 300 cm³/mol. The van der Waals surface area contributed by atoms with Gasteiger partial charge in [-0.05, 0) is 62.1 Å². The first-order chi connectivity index (χ1) is 37.0. The summed E-state index contributed by atoms with van der Waals surface area (Å²) < 4.78 is 75.9. The maximum absolute atomic E-state index is 14.2. The first-order valence-electron chi connectivity index (χ1n) is 29.9. The highest BCUT2D eigenvalue weighted by Crippen LogP contribution is 2.33.